The largest absolute Gasteiger partial charge is 0.344 e. The van der Waals surface area contributed by atoms with Crippen molar-refractivity contribution in [3.05, 3.63) is 47.3 Å². The molecule has 3 heterocycles. The van der Waals surface area contributed by atoms with Gasteiger partial charge in [0, 0.05) is 23.9 Å². The smallest absolute Gasteiger partial charge is 0.251 e. The number of carbonyl (C=O) groups excluding carboxylic acids is 5. The van der Waals surface area contributed by atoms with E-state index in [4.69, 9.17) is 0 Å². The fourth-order valence-corrected chi connectivity index (χ4v) is 6.37. The summed E-state index contributed by atoms with van der Waals surface area (Å²) >= 11 is 1.62. The molecule has 4 unspecified atom stereocenters. The number of rotatable bonds is 9. The van der Waals surface area contributed by atoms with Crippen LogP contribution in [0.1, 0.15) is 57.8 Å². The molecule has 1 aromatic carbocycles. The van der Waals surface area contributed by atoms with E-state index in [2.05, 4.69) is 10.6 Å². The zero-order chi connectivity index (χ0) is 29.1. The van der Waals surface area contributed by atoms with Gasteiger partial charge in [0.2, 0.25) is 17.7 Å². The monoisotopic (exact) mass is 566 g/mol. The van der Waals surface area contributed by atoms with Crippen molar-refractivity contribution in [3.63, 3.8) is 0 Å². The minimum Gasteiger partial charge on any atom is -0.344 e. The number of carbonyl (C=O) groups is 5. The zero-order valence-corrected chi connectivity index (χ0v) is 24.5. The van der Waals surface area contributed by atoms with Crippen LogP contribution in [-0.4, -0.2) is 76.5 Å². The number of ketones is 1. The molecular formula is C30H38N4O5S. The lowest BCUT2D eigenvalue weighted by Crippen LogP contribution is -2.54. The highest BCUT2D eigenvalue weighted by Gasteiger charge is 2.53. The fourth-order valence-electron chi connectivity index (χ4n) is 5.63. The van der Waals surface area contributed by atoms with Crippen molar-refractivity contribution in [3.8, 4) is 10.4 Å². The molecule has 2 saturated heterocycles. The van der Waals surface area contributed by atoms with Crippen LogP contribution >= 0.6 is 11.3 Å². The Morgan fingerprint density at radius 3 is 2.25 bits per heavy atom. The van der Waals surface area contributed by atoms with Gasteiger partial charge in [-0.1, -0.05) is 45.9 Å². The Hall–Kier alpha value is -3.53. The highest BCUT2D eigenvalue weighted by atomic mass is 32.1. The van der Waals surface area contributed by atoms with E-state index in [1.54, 1.807) is 23.5 Å². The molecule has 4 amide bonds. The molecule has 10 heteroatoms. The van der Waals surface area contributed by atoms with Gasteiger partial charge >= 0.3 is 0 Å². The molecule has 2 fully saturated rings. The summed E-state index contributed by atoms with van der Waals surface area (Å²) in [5.74, 6) is -1.52. The number of nitrogens with zero attached hydrogens (tertiary/aromatic N) is 2. The van der Waals surface area contributed by atoms with Crippen molar-refractivity contribution in [1.82, 2.24) is 20.4 Å². The number of Topliss-reactive ketones (excluding diaryl/α,β-unsaturated/α-hetero) is 1. The quantitative estimate of drug-likeness (QED) is 0.484. The number of fused-ring (bicyclic) bond motifs is 1. The second-order valence-electron chi connectivity index (χ2n) is 11.4. The fraction of sp³-hybridized carbons (Fsp3) is 0.500. The molecule has 2 aliphatic rings. The van der Waals surface area contributed by atoms with Crippen molar-refractivity contribution >= 4 is 40.7 Å². The lowest BCUT2D eigenvalue weighted by Gasteiger charge is -2.30. The first-order valence-corrected chi connectivity index (χ1v) is 14.7. The van der Waals surface area contributed by atoms with Crippen LogP contribution in [-0.2, 0) is 19.2 Å². The molecule has 214 valence electrons. The predicted octanol–water partition coefficient (Wildman–Crippen LogP) is 3.10. The van der Waals surface area contributed by atoms with Crippen molar-refractivity contribution < 1.29 is 24.0 Å². The van der Waals surface area contributed by atoms with Gasteiger partial charge < -0.3 is 20.4 Å². The van der Waals surface area contributed by atoms with E-state index in [1.165, 1.54) is 16.7 Å². The Labute approximate surface area is 239 Å². The number of hydrogen-bond donors (Lipinski definition) is 2. The molecule has 2 N–H and O–H groups in total. The van der Waals surface area contributed by atoms with Gasteiger partial charge in [0.1, 0.15) is 18.1 Å². The number of amides is 4. The summed E-state index contributed by atoms with van der Waals surface area (Å²) in [6, 6.07) is 8.52. The molecular weight excluding hydrogens is 528 g/mol. The molecule has 4 atom stereocenters. The third-order valence-electron chi connectivity index (χ3n) is 7.54. The first-order valence-electron chi connectivity index (χ1n) is 13.8. The topological polar surface area (TPSA) is 116 Å². The van der Waals surface area contributed by atoms with Crippen LogP contribution in [0, 0.1) is 11.8 Å². The number of nitrogens with one attached hydrogen (secondary N) is 2. The van der Waals surface area contributed by atoms with Gasteiger partial charge in [-0.05, 0) is 53.8 Å². The van der Waals surface area contributed by atoms with E-state index in [0.717, 1.165) is 10.4 Å². The van der Waals surface area contributed by atoms with E-state index in [-0.39, 0.29) is 47.8 Å². The first kappa shape index (κ1) is 29.5. The third-order valence-corrected chi connectivity index (χ3v) is 8.46. The van der Waals surface area contributed by atoms with Crippen LogP contribution in [0.2, 0.25) is 0 Å². The van der Waals surface area contributed by atoms with Crippen LogP contribution in [0.3, 0.4) is 0 Å². The highest BCUT2D eigenvalue weighted by molar-refractivity contribution is 7.13. The van der Waals surface area contributed by atoms with Crippen molar-refractivity contribution in [2.45, 2.75) is 71.6 Å². The van der Waals surface area contributed by atoms with Gasteiger partial charge in [-0.25, -0.2) is 0 Å². The van der Waals surface area contributed by atoms with Gasteiger partial charge in [-0.15, -0.1) is 11.3 Å². The standard InChI is InChI=1S/C30H38N4O5S/c1-17(2)15-22(32-28(37)21-10-8-20(9-11-21)25-7-6-14-40-25)29(38)33-13-12-23-27(33)24(36)16-34(23)30(39)26(18(3)4)31-19(5)35/h6-11,14,17-18,22-23,26-27H,12-13,15-16H2,1-5H3,(H,31,35)(H,32,37). The summed E-state index contributed by atoms with van der Waals surface area (Å²) < 4.78 is 0. The minimum absolute atomic E-state index is 0.0987. The Morgan fingerprint density at radius 1 is 0.975 bits per heavy atom. The molecule has 40 heavy (non-hydrogen) atoms. The molecule has 0 radical (unpaired) electrons. The van der Waals surface area contributed by atoms with E-state index >= 15 is 0 Å². The van der Waals surface area contributed by atoms with Crippen LogP contribution in [0.25, 0.3) is 10.4 Å². The minimum atomic E-state index is -0.802. The lowest BCUT2D eigenvalue weighted by molar-refractivity contribution is -0.138. The van der Waals surface area contributed by atoms with Crippen molar-refractivity contribution in [1.29, 1.82) is 0 Å². The molecule has 0 aliphatic carbocycles. The maximum atomic E-state index is 13.8. The molecule has 2 aliphatic heterocycles. The maximum absolute atomic E-state index is 13.8. The number of hydrogen-bond acceptors (Lipinski definition) is 6. The summed E-state index contributed by atoms with van der Waals surface area (Å²) in [5.41, 5.74) is 1.47. The Morgan fingerprint density at radius 2 is 1.68 bits per heavy atom. The van der Waals surface area contributed by atoms with Gasteiger partial charge in [-0.3, -0.25) is 24.0 Å². The second kappa shape index (κ2) is 12.3. The van der Waals surface area contributed by atoms with Crippen LogP contribution in [0.5, 0.6) is 0 Å². The van der Waals surface area contributed by atoms with Crippen LogP contribution < -0.4 is 10.6 Å². The highest BCUT2D eigenvalue weighted by Crippen LogP contribution is 2.32. The van der Waals surface area contributed by atoms with Crippen molar-refractivity contribution in [2.24, 2.45) is 11.8 Å². The normalized spacial score (nSPS) is 20.0. The van der Waals surface area contributed by atoms with E-state index in [9.17, 15) is 24.0 Å². The summed E-state index contributed by atoms with van der Waals surface area (Å²) in [7, 11) is 0. The number of benzene rings is 1. The molecule has 0 bridgehead atoms. The van der Waals surface area contributed by atoms with Gasteiger partial charge in [0.25, 0.3) is 5.91 Å². The summed E-state index contributed by atoms with van der Waals surface area (Å²) in [6.45, 7) is 9.21. The maximum Gasteiger partial charge on any atom is 0.251 e. The van der Waals surface area contributed by atoms with Crippen LogP contribution in [0.4, 0.5) is 0 Å². The number of thiophene rings is 1. The van der Waals surface area contributed by atoms with Gasteiger partial charge in [-0.2, -0.15) is 0 Å². The van der Waals surface area contributed by atoms with E-state index in [0.29, 0.717) is 24.9 Å². The lowest BCUT2D eigenvalue weighted by atomic mass is 10.0. The summed E-state index contributed by atoms with van der Waals surface area (Å²) in [5, 5.41) is 7.61. The van der Waals surface area contributed by atoms with Crippen molar-refractivity contribution in [2.75, 3.05) is 13.1 Å². The Kier molecular flexibility index (Phi) is 9.08. The SMILES string of the molecule is CC(=O)NC(C(=O)N1CC(=O)C2C1CCN2C(=O)C(CC(C)C)NC(=O)c1ccc(-c2cccs2)cc1)C(C)C. The molecule has 2 aromatic rings. The molecule has 1 aromatic heterocycles. The van der Waals surface area contributed by atoms with Gasteiger partial charge in [0.15, 0.2) is 5.78 Å². The number of likely N-dealkylation sites (tertiary alicyclic amines) is 2. The van der Waals surface area contributed by atoms with E-state index in [1.807, 2.05) is 57.3 Å². The second-order valence-corrected chi connectivity index (χ2v) is 12.3. The summed E-state index contributed by atoms with van der Waals surface area (Å²) in [6.07, 6.45) is 0.881. The molecule has 0 saturated carbocycles. The van der Waals surface area contributed by atoms with E-state index < -0.39 is 24.2 Å². The Balaban J connectivity index is 1.48. The summed E-state index contributed by atoms with van der Waals surface area (Å²) in [4.78, 5) is 69.4. The molecule has 4 rings (SSSR count). The average Bonchev–Trinajstić information content (AvgIpc) is 3.65. The molecule has 0 spiro atoms. The zero-order valence-electron chi connectivity index (χ0n) is 23.7. The third kappa shape index (κ3) is 6.27. The Bertz CT molecular complexity index is 1260. The van der Waals surface area contributed by atoms with Crippen LogP contribution in [0.15, 0.2) is 41.8 Å². The first-order chi connectivity index (χ1) is 19.0. The predicted molar refractivity (Wildman–Crippen MR) is 154 cm³/mol. The van der Waals surface area contributed by atoms with Gasteiger partial charge in [0.05, 0.1) is 12.6 Å². The molecule has 9 nitrogen and oxygen atoms in total. The average molecular weight is 567 g/mol.